The molecule has 0 spiro atoms. The average Bonchev–Trinajstić information content (AvgIpc) is 2.76. The SMILES string of the molecule is CCN(CC)C(=O)c1ccc2c(c1)nc(CNC)n2C. The molecule has 2 aromatic rings. The highest BCUT2D eigenvalue weighted by molar-refractivity contribution is 5.97. The second-order valence-electron chi connectivity index (χ2n) is 4.80. The van der Waals surface area contributed by atoms with Crippen LogP contribution in [0.1, 0.15) is 30.0 Å². The summed E-state index contributed by atoms with van der Waals surface area (Å²) in [6.07, 6.45) is 0. The zero-order valence-corrected chi connectivity index (χ0v) is 12.6. The van der Waals surface area contributed by atoms with Crippen LogP contribution in [-0.2, 0) is 13.6 Å². The molecule has 0 atom stereocenters. The number of fused-ring (bicyclic) bond motifs is 1. The van der Waals surface area contributed by atoms with Crippen LogP contribution in [0.25, 0.3) is 11.0 Å². The molecule has 0 aliphatic rings. The van der Waals surface area contributed by atoms with Crippen LogP contribution in [0.5, 0.6) is 0 Å². The maximum Gasteiger partial charge on any atom is 0.253 e. The standard InChI is InChI=1S/C15H22N4O/c1-5-19(6-2)15(20)11-7-8-13-12(9-11)17-14(10-16-3)18(13)4/h7-9,16H,5-6,10H2,1-4H3. The van der Waals surface area contributed by atoms with Gasteiger partial charge in [-0.3, -0.25) is 4.79 Å². The Balaban J connectivity index is 2.41. The largest absolute Gasteiger partial charge is 0.339 e. The van der Waals surface area contributed by atoms with E-state index in [9.17, 15) is 4.79 Å². The van der Waals surface area contributed by atoms with Crippen molar-refractivity contribution in [1.82, 2.24) is 19.8 Å². The number of nitrogens with one attached hydrogen (secondary N) is 1. The summed E-state index contributed by atoms with van der Waals surface area (Å²) in [5.41, 5.74) is 2.62. The summed E-state index contributed by atoms with van der Waals surface area (Å²) >= 11 is 0. The first kappa shape index (κ1) is 14.5. The Bertz CT molecular complexity index is 614. The Kier molecular flexibility index (Phi) is 4.39. The van der Waals surface area contributed by atoms with Crippen LogP contribution < -0.4 is 5.32 Å². The Morgan fingerprint density at radius 2 is 2.05 bits per heavy atom. The first-order chi connectivity index (χ1) is 9.62. The van der Waals surface area contributed by atoms with E-state index in [1.807, 2.05) is 51.0 Å². The van der Waals surface area contributed by atoms with Crippen molar-refractivity contribution >= 4 is 16.9 Å². The van der Waals surface area contributed by atoms with Gasteiger partial charge in [0, 0.05) is 25.7 Å². The molecule has 0 saturated heterocycles. The Morgan fingerprint density at radius 1 is 1.35 bits per heavy atom. The van der Waals surface area contributed by atoms with E-state index in [1.165, 1.54) is 0 Å². The maximum absolute atomic E-state index is 12.3. The van der Waals surface area contributed by atoms with Crippen LogP contribution in [0, 0.1) is 0 Å². The van der Waals surface area contributed by atoms with Crippen molar-refractivity contribution in [2.24, 2.45) is 7.05 Å². The zero-order valence-electron chi connectivity index (χ0n) is 12.6. The van der Waals surface area contributed by atoms with E-state index in [2.05, 4.69) is 14.9 Å². The van der Waals surface area contributed by atoms with Crippen molar-refractivity contribution in [2.75, 3.05) is 20.1 Å². The van der Waals surface area contributed by atoms with Crippen LogP contribution >= 0.6 is 0 Å². The van der Waals surface area contributed by atoms with Crippen molar-refractivity contribution in [3.05, 3.63) is 29.6 Å². The minimum absolute atomic E-state index is 0.0673. The van der Waals surface area contributed by atoms with Gasteiger partial charge in [0.25, 0.3) is 5.91 Å². The smallest absolute Gasteiger partial charge is 0.253 e. The third-order valence-corrected chi connectivity index (χ3v) is 3.61. The number of hydrogen-bond donors (Lipinski definition) is 1. The van der Waals surface area contributed by atoms with Crippen LogP contribution in [0.3, 0.4) is 0 Å². The van der Waals surface area contributed by atoms with Crippen LogP contribution in [-0.4, -0.2) is 40.5 Å². The van der Waals surface area contributed by atoms with Gasteiger partial charge in [0.15, 0.2) is 0 Å². The highest BCUT2D eigenvalue weighted by Crippen LogP contribution is 2.18. The third kappa shape index (κ3) is 2.54. The summed E-state index contributed by atoms with van der Waals surface area (Å²) in [5.74, 6) is 1.03. The molecule has 1 amide bonds. The van der Waals surface area contributed by atoms with Crippen molar-refractivity contribution < 1.29 is 4.79 Å². The summed E-state index contributed by atoms with van der Waals surface area (Å²) in [6.45, 7) is 6.14. The Labute approximate surface area is 119 Å². The fourth-order valence-corrected chi connectivity index (χ4v) is 2.39. The van der Waals surface area contributed by atoms with Gasteiger partial charge in [-0.1, -0.05) is 0 Å². The van der Waals surface area contributed by atoms with E-state index in [1.54, 1.807) is 0 Å². The molecule has 1 heterocycles. The minimum Gasteiger partial charge on any atom is -0.339 e. The van der Waals surface area contributed by atoms with Gasteiger partial charge in [0.05, 0.1) is 17.6 Å². The monoisotopic (exact) mass is 274 g/mol. The van der Waals surface area contributed by atoms with Crippen LogP contribution in [0.15, 0.2) is 18.2 Å². The lowest BCUT2D eigenvalue weighted by Gasteiger charge is -2.18. The number of carbonyl (C=O) groups excluding carboxylic acids is 1. The molecule has 108 valence electrons. The predicted octanol–water partition coefficient (Wildman–Crippen LogP) is 1.77. The molecule has 0 unspecified atom stereocenters. The Morgan fingerprint density at radius 3 is 2.65 bits per heavy atom. The number of hydrogen-bond acceptors (Lipinski definition) is 3. The number of amides is 1. The summed E-state index contributed by atoms with van der Waals surface area (Å²) < 4.78 is 2.05. The lowest BCUT2D eigenvalue weighted by Crippen LogP contribution is -2.30. The van der Waals surface area contributed by atoms with Gasteiger partial charge in [-0.25, -0.2) is 4.98 Å². The summed E-state index contributed by atoms with van der Waals surface area (Å²) in [5, 5.41) is 3.10. The molecule has 20 heavy (non-hydrogen) atoms. The normalized spacial score (nSPS) is 11.0. The summed E-state index contributed by atoms with van der Waals surface area (Å²) in [4.78, 5) is 18.8. The molecule has 1 aromatic carbocycles. The van der Waals surface area contributed by atoms with Gasteiger partial charge in [-0.15, -0.1) is 0 Å². The molecular weight excluding hydrogens is 252 g/mol. The van der Waals surface area contributed by atoms with Gasteiger partial charge >= 0.3 is 0 Å². The quantitative estimate of drug-likeness (QED) is 0.904. The number of aryl methyl sites for hydroxylation is 1. The fraction of sp³-hybridized carbons (Fsp3) is 0.467. The number of benzene rings is 1. The number of rotatable bonds is 5. The highest BCUT2D eigenvalue weighted by atomic mass is 16.2. The molecule has 1 N–H and O–H groups in total. The van der Waals surface area contributed by atoms with Crippen LogP contribution in [0.4, 0.5) is 0 Å². The number of carbonyl (C=O) groups is 1. The van der Waals surface area contributed by atoms with E-state index < -0.39 is 0 Å². The van der Waals surface area contributed by atoms with Gasteiger partial charge in [0.2, 0.25) is 0 Å². The average molecular weight is 274 g/mol. The van der Waals surface area contributed by atoms with Crippen molar-refractivity contribution in [1.29, 1.82) is 0 Å². The number of nitrogens with zero attached hydrogens (tertiary/aromatic N) is 3. The summed E-state index contributed by atoms with van der Waals surface area (Å²) in [6, 6.07) is 5.74. The molecule has 2 rings (SSSR count). The zero-order chi connectivity index (χ0) is 14.7. The second-order valence-corrected chi connectivity index (χ2v) is 4.80. The number of aromatic nitrogens is 2. The molecule has 0 aliphatic heterocycles. The first-order valence-corrected chi connectivity index (χ1v) is 7.01. The van der Waals surface area contributed by atoms with E-state index in [4.69, 9.17) is 0 Å². The van der Waals surface area contributed by atoms with E-state index >= 15 is 0 Å². The van der Waals surface area contributed by atoms with Gasteiger partial charge in [-0.2, -0.15) is 0 Å². The van der Waals surface area contributed by atoms with Gasteiger partial charge < -0.3 is 14.8 Å². The minimum atomic E-state index is 0.0673. The first-order valence-electron chi connectivity index (χ1n) is 7.01. The maximum atomic E-state index is 12.3. The van der Waals surface area contributed by atoms with Gasteiger partial charge in [0.1, 0.15) is 5.82 Å². The molecule has 5 nitrogen and oxygen atoms in total. The van der Waals surface area contributed by atoms with E-state index in [0.29, 0.717) is 12.1 Å². The fourth-order valence-electron chi connectivity index (χ4n) is 2.39. The number of imidazole rings is 1. The van der Waals surface area contributed by atoms with Crippen molar-refractivity contribution in [3.8, 4) is 0 Å². The van der Waals surface area contributed by atoms with E-state index in [-0.39, 0.29) is 5.91 Å². The second kappa shape index (κ2) is 6.05. The highest BCUT2D eigenvalue weighted by Gasteiger charge is 2.14. The molecule has 0 fully saturated rings. The van der Waals surface area contributed by atoms with Crippen molar-refractivity contribution in [3.63, 3.8) is 0 Å². The lowest BCUT2D eigenvalue weighted by atomic mass is 10.1. The van der Waals surface area contributed by atoms with Crippen LogP contribution in [0.2, 0.25) is 0 Å². The predicted molar refractivity (Wildman–Crippen MR) is 80.7 cm³/mol. The van der Waals surface area contributed by atoms with Crippen molar-refractivity contribution in [2.45, 2.75) is 20.4 Å². The molecular formula is C15H22N4O. The Hall–Kier alpha value is -1.88. The third-order valence-electron chi connectivity index (χ3n) is 3.61. The molecule has 0 aliphatic carbocycles. The molecule has 1 aromatic heterocycles. The molecule has 5 heteroatoms. The molecule has 0 bridgehead atoms. The molecule has 0 radical (unpaired) electrons. The van der Waals surface area contributed by atoms with Gasteiger partial charge in [-0.05, 0) is 39.1 Å². The summed E-state index contributed by atoms with van der Waals surface area (Å²) in [7, 11) is 3.89. The molecule has 0 saturated carbocycles. The topological polar surface area (TPSA) is 50.2 Å². The van der Waals surface area contributed by atoms with E-state index in [0.717, 1.165) is 29.9 Å². The lowest BCUT2D eigenvalue weighted by molar-refractivity contribution is 0.0773.